The van der Waals surface area contributed by atoms with Crippen molar-refractivity contribution in [3.63, 3.8) is 0 Å². The molecular formula is C11H17N3O4S. The van der Waals surface area contributed by atoms with Crippen LogP contribution in [0.1, 0.15) is 12.1 Å². The SMILES string of the molecule is Cn1ccc(CN2CCS(=O)(=O)CC2CC(=O)O)n1. The van der Waals surface area contributed by atoms with E-state index >= 15 is 0 Å². The van der Waals surface area contributed by atoms with Crippen molar-refractivity contribution < 1.29 is 18.3 Å². The summed E-state index contributed by atoms with van der Waals surface area (Å²) in [5.74, 6) is -0.990. The molecule has 0 saturated carbocycles. The van der Waals surface area contributed by atoms with E-state index in [1.807, 2.05) is 17.2 Å². The van der Waals surface area contributed by atoms with Gasteiger partial charge in [0.05, 0.1) is 23.6 Å². The van der Waals surface area contributed by atoms with Crippen LogP contribution in [-0.2, 0) is 28.2 Å². The van der Waals surface area contributed by atoms with E-state index in [2.05, 4.69) is 5.10 Å². The molecule has 0 radical (unpaired) electrons. The Morgan fingerprint density at radius 3 is 2.89 bits per heavy atom. The first-order valence-corrected chi connectivity index (χ1v) is 7.83. The monoisotopic (exact) mass is 287 g/mol. The van der Waals surface area contributed by atoms with Gasteiger partial charge in [-0.1, -0.05) is 0 Å². The molecule has 0 spiro atoms. The molecule has 0 bridgehead atoms. The second kappa shape index (κ2) is 5.30. The minimum absolute atomic E-state index is 0.0793. The second-order valence-electron chi connectivity index (χ2n) is 4.82. The van der Waals surface area contributed by atoms with Gasteiger partial charge in [-0.3, -0.25) is 14.4 Å². The van der Waals surface area contributed by atoms with Crippen LogP contribution in [0.25, 0.3) is 0 Å². The zero-order valence-corrected chi connectivity index (χ0v) is 11.5. The van der Waals surface area contributed by atoms with Crippen LogP contribution in [0, 0.1) is 0 Å². The lowest BCUT2D eigenvalue weighted by Crippen LogP contribution is -2.48. The number of hydrogen-bond acceptors (Lipinski definition) is 5. The zero-order chi connectivity index (χ0) is 14.0. The maximum Gasteiger partial charge on any atom is 0.304 e. The molecule has 1 aromatic heterocycles. The lowest BCUT2D eigenvalue weighted by atomic mass is 10.2. The van der Waals surface area contributed by atoms with E-state index in [1.54, 1.807) is 11.7 Å². The number of carboxylic acid groups (broad SMARTS) is 1. The third-order valence-corrected chi connectivity index (χ3v) is 4.89. The van der Waals surface area contributed by atoms with Crippen molar-refractivity contribution in [3.05, 3.63) is 18.0 Å². The number of nitrogens with zero attached hydrogens (tertiary/aromatic N) is 3. The Hall–Kier alpha value is -1.41. The topological polar surface area (TPSA) is 92.5 Å². The fourth-order valence-corrected chi connectivity index (χ4v) is 3.87. The smallest absolute Gasteiger partial charge is 0.304 e. The number of rotatable bonds is 4. The molecule has 0 amide bonds. The summed E-state index contributed by atoms with van der Waals surface area (Å²) in [7, 11) is -1.32. The van der Waals surface area contributed by atoms with Gasteiger partial charge in [0.2, 0.25) is 0 Å². The van der Waals surface area contributed by atoms with E-state index in [-0.39, 0.29) is 17.9 Å². The van der Waals surface area contributed by atoms with Crippen LogP contribution in [-0.4, -0.2) is 58.3 Å². The predicted molar refractivity (Wildman–Crippen MR) is 68.3 cm³/mol. The fourth-order valence-electron chi connectivity index (χ4n) is 2.27. The number of aryl methyl sites for hydroxylation is 1. The Balaban J connectivity index is 2.10. The molecule has 1 atom stereocenters. The first kappa shape index (κ1) is 14.0. The second-order valence-corrected chi connectivity index (χ2v) is 7.05. The van der Waals surface area contributed by atoms with E-state index in [0.29, 0.717) is 13.1 Å². The number of carboxylic acids is 1. The molecule has 2 heterocycles. The standard InChI is InChI=1S/C11H17N3O4S/c1-13-3-2-9(12-13)7-14-4-5-19(17,18)8-10(14)6-11(15)16/h2-3,10H,4-8H2,1H3,(H,15,16). The van der Waals surface area contributed by atoms with Crippen LogP contribution < -0.4 is 0 Å². The maximum atomic E-state index is 11.6. The van der Waals surface area contributed by atoms with Gasteiger partial charge in [-0.15, -0.1) is 0 Å². The van der Waals surface area contributed by atoms with Crippen molar-refractivity contribution in [1.82, 2.24) is 14.7 Å². The molecule has 1 aliphatic rings. The van der Waals surface area contributed by atoms with E-state index in [1.165, 1.54) is 0 Å². The van der Waals surface area contributed by atoms with Gasteiger partial charge in [-0.25, -0.2) is 8.42 Å². The molecule has 1 fully saturated rings. The quantitative estimate of drug-likeness (QED) is 0.802. The van der Waals surface area contributed by atoms with Crippen LogP contribution in [0.15, 0.2) is 12.3 Å². The van der Waals surface area contributed by atoms with E-state index in [0.717, 1.165) is 5.69 Å². The van der Waals surface area contributed by atoms with Crippen LogP contribution in [0.5, 0.6) is 0 Å². The largest absolute Gasteiger partial charge is 0.481 e. The minimum Gasteiger partial charge on any atom is -0.481 e. The van der Waals surface area contributed by atoms with Gasteiger partial charge in [0, 0.05) is 32.4 Å². The summed E-state index contributed by atoms with van der Waals surface area (Å²) in [5, 5.41) is 13.1. The Bertz CT molecular complexity index is 566. The summed E-state index contributed by atoms with van der Waals surface area (Å²) < 4.78 is 24.9. The highest BCUT2D eigenvalue weighted by Gasteiger charge is 2.32. The van der Waals surface area contributed by atoms with Gasteiger partial charge >= 0.3 is 5.97 Å². The molecule has 8 heteroatoms. The highest BCUT2D eigenvalue weighted by atomic mass is 32.2. The molecule has 1 saturated heterocycles. The van der Waals surface area contributed by atoms with Gasteiger partial charge < -0.3 is 5.11 Å². The van der Waals surface area contributed by atoms with E-state index < -0.39 is 21.8 Å². The van der Waals surface area contributed by atoms with Gasteiger partial charge in [-0.05, 0) is 6.07 Å². The molecular weight excluding hydrogens is 270 g/mol. The molecule has 106 valence electrons. The summed E-state index contributed by atoms with van der Waals surface area (Å²) in [4.78, 5) is 12.7. The normalized spacial score (nSPS) is 23.3. The number of aromatic nitrogens is 2. The minimum atomic E-state index is -3.13. The van der Waals surface area contributed by atoms with Crippen molar-refractivity contribution in [2.75, 3.05) is 18.1 Å². The Morgan fingerprint density at radius 1 is 1.58 bits per heavy atom. The summed E-state index contributed by atoms with van der Waals surface area (Å²) in [6.07, 6.45) is 1.65. The highest BCUT2D eigenvalue weighted by molar-refractivity contribution is 7.91. The molecule has 1 aromatic rings. The van der Waals surface area contributed by atoms with Crippen molar-refractivity contribution in [3.8, 4) is 0 Å². The average molecular weight is 287 g/mol. The third kappa shape index (κ3) is 3.77. The summed E-state index contributed by atoms with van der Waals surface area (Å²) in [6, 6.07) is 1.37. The molecule has 19 heavy (non-hydrogen) atoms. The van der Waals surface area contributed by atoms with Crippen LogP contribution in [0.2, 0.25) is 0 Å². The first-order valence-electron chi connectivity index (χ1n) is 6.00. The number of aliphatic carboxylic acids is 1. The average Bonchev–Trinajstić information content (AvgIpc) is 2.67. The van der Waals surface area contributed by atoms with Gasteiger partial charge in [0.1, 0.15) is 0 Å². The Labute approximate surface area is 111 Å². The van der Waals surface area contributed by atoms with Crippen molar-refractivity contribution in [2.24, 2.45) is 7.05 Å². The summed E-state index contributed by atoms with van der Waals surface area (Å²) >= 11 is 0. The highest BCUT2D eigenvalue weighted by Crippen LogP contribution is 2.17. The summed E-state index contributed by atoms with van der Waals surface area (Å²) in [5.41, 5.74) is 0.817. The fraction of sp³-hybridized carbons (Fsp3) is 0.636. The molecule has 0 aliphatic carbocycles. The molecule has 1 unspecified atom stereocenters. The summed E-state index contributed by atoms with van der Waals surface area (Å²) in [6.45, 7) is 0.838. The van der Waals surface area contributed by atoms with E-state index in [4.69, 9.17) is 5.11 Å². The van der Waals surface area contributed by atoms with Gasteiger partial charge in [0.15, 0.2) is 9.84 Å². The maximum absolute atomic E-state index is 11.6. The van der Waals surface area contributed by atoms with Crippen molar-refractivity contribution in [2.45, 2.75) is 19.0 Å². The molecule has 1 N–H and O–H groups in total. The third-order valence-electron chi connectivity index (χ3n) is 3.20. The molecule has 1 aliphatic heterocycles. The molecule has 2 rings (SSSR count). The van der Waals surface area contributed by atoms with Crippen molar-refractivity contribution in [1.29, 1.82) is 0 Å². The molecule has 0 aromatic carbocycles. The van der Waals surface area contributed by atoms with Gasteiger partial charge in [-0.2, -0.15) is 5.10 Å². The number of hydrogen-bond donors (Lipinski definition) is 1. The lowest BCUT2D eigenvalue weighted by molar-refractivity contribution is -0.138. The number of carbonyl (C=O) groups is 1. The van der Waals surface area contributed by atoms with Gasteiger partial charge in [0.25, 0.3) is 0 Å². The van der Waals surface area contributed by atoms with E-state index in [9.17, 15) is 13.2 Å². The van der Waals surface area contributed by atoms with Crippen LogP contribution in [0.4, 0.5) is 0 Å². The predicted octanol–water partition coefficient (Wildman–Crippen LogP) is -0.506. The Morgan fingerprint density at radius 2 is 2.32 bits per heavy atom. The number of sulfone groups is 1. The Kier molecular flexibility index (Phi) is 3.91. The van der Waals surface area contributed by atoms with Crippen LogP contribution in [0.3, 0.4) is 0 Å². The molecule has 7 nitrogen and oxygen atoms in total. The van der Waals surface area contributed by atoms with Crippen LogP contribution >= 0.6 is 0 Å². The lowest BCUT2D eigenvalue weighted by Gasteiger charge is -2.34. The van der Waals surface area contributed by atoms with Crippen molar-refractivity contribution >= 4 is 15.8 Å². The zero-order valence-electron chi connectivity index (χ0n) is 10.7. The first-order chi connectivity index (χ1) is 8.85.